The minimum Gasteiger partial charge on any atom is -0.479 e. The molecule has 0 aromatic carbocycles. The summed E-state index contributed by atoms with van der Waals surface area (Å²) in [5.41, 5.74) is 0.0820. The fourth-order valence-corrected chi connectivity index (χ4v) is 1.98. The van der Waals surface area contributed by atoms with Gasteiger partial charge in [0.15, 0.2) is 6.10 Å². The Morgan fingerprint density at radius 2 is 1.89 bits per heavy atom. The van der Waals surface area contributed by atoms with E-state index in [2.05, 4.69) is 27.7 Å². The summed E-state index contributed by atoms with van der Waals surface area (Å²) >= 11 is 0. The lowest BCUT2D eigenvalue weighted by Gasteiger charge is -2.26. The van der Waals surface area contributed by atoms with Gasteiger partial charge in [-0.1, -0.05) is 47.5 Å². The molecular weight excluding hydrogens is 232 g/mol. The fraction of sp³-hybridized carbons (Fsp3) is 0.929. The third-order valence-electron chi connectivity index (χ3n) is 2.70. The zero-order valence-electron chi connectivity index (χ0n) is 12.4. The predicted molar refractivity (Wildman–Crippen MR) is 71.2 cm³/mol. The molecule has 0 radical (unpaired) electrons. The molecule has 0 aliphatic rings. The lowest BCUT2D eigenvalue weighted by Crippen LogP contribution is -2.33. The van der Waals surface area contributed by atoms with E-state index in [9.17, 15) is 4.79 Å². The van der Waals surface area contributed by atoms with Gasteiger partial charge in [-0.3, -0.25) is 0 Å². The summed E-state index contributed by atoms with van der Waals surface area (Å²) in [4.78, 5) is 21.2. The number of carboxylic acid groups (broad SMARTS) is 1. The first-order chi connectivity index (χ1) is 8.28. The number of hydrogen-bond acceptors (Lipinski definition) is 3. The molecule has 0 bridgehead atoms. The smallest absolute Gasteiger partial charge is 0.336 e. The van der Waals surface area contributed by atoms with Gasteiger partial charge in [0.25, 0.3) is 0 Å². The molecule has 0 aromatic rings. The number of carbonyl (C=O) groups is 1. The van der Waals surface area contributed by atoms with Crippen LogP contribution in [0.2, 0.25) is 0 Å². The van der Waals surface area contributed by atoms with Gasteiger partial charge in [0.2, 0.25) is 0 Å². The van der Waals surface area contributed by atoms with Crippen LogP contribution in [0.15, 0.2) is 0 Å². The molecule has 1 N–H and O–H groups in total. The molecule has 2 atom stereocenters. The predicted octanol–water partition coefficient (Wildman–Crippen LogP) is 3.65. The van der Waals surface area contributed by atoms with Gasteiger partial charge in [0, 0.05) is 0 Å². The van der Waals surface area contributed by atoms with E-state index in [4.69, 9.17) is 14.9 Å². The Morgan fingerprint density at radius 3 is 2.33 bits per heavy atom. The second-order valence-corrected chi connectivity index (χ2v) is 6.13. The number of hydrogen-bond donors (Lipinski definition) is 1. The van der Waals surface area contributed by atoms with Crippen molar-refractivity contribution in [2.75, 3.05) is 6.61 Å². The van der Waals surface area contributed by atoms with Crippen molar-refractivity contribution in [2.24, 2.45) is 11.3 Å². The van der Waals surface area contributed by atoms with Gasteiger partial charge < -0.3 is 5.11 Å². The summed E-state index contributed by atoms with van der Waals surface area (Å²) in [7, 11) is 0. The molecule has 4 heteroatoms. The van der Waals surface area contributed by atoms with Crippen LogP contribution in [-0.2, 0) is 14.6 Å². The molecule has 0 aliphatic heterocycles. The molecule has 0 fully saturated rings. The van der Waals surface area contributed by atoms with E-state index < -0.39 is 12.1 Å². The maximum Gasteiger partial charge on any atom is 0.336 e. The van der Waals surface area contributed by atoms with Crippen LogP contribution >= 0.6 is 0 Å². The second kappa shape index (κ2) is 8.48. The highest BCUT2D eigenvalue weighted by Gasteiger charge is 2.30. The van der Waals surface area contributed by atoms with Crippen molar-refractivity contribution in [1.29, 1.82) is 0 Å². The van der Waals surface area contributed by atoms with Crippen molar-refractivity contribution in [2.45, 2.75) is 66.4 Å². The van der Waals surface area contributed by atoms with Gasteiger partial charge in [-0.05, 0) is 24.2 Å². The Hall–Kier alpha value is -0.610. The first-order valence-corrected chi connectivity index (χ1v) is 6.79. The highest BCUT2D eigenvalue weighted by atomic mass is 17.2. The Kier molecular flexibility index (Phi) is 8.20. The van der Waals surface area contributed by atoms with Crippen molar-refractivity contribution in [3.05, 3.63) is 0 Å². The molecule has 0 saturated carbocycles. The van der Waals surface area contributed by atoms with Crippen LogP contribution in [0.25, 0.3) is 0 Å². The van der Waals surface area contributed by atoms with E-state index >= 15 is 0 Å². The molecule has 0 spiro atoms. The molecule has 108 valence electrons. The minimum atomic E-state index is -0.956. The summed E-state index contributed by atoms with van der Waals surface area (Å²) in [6, 6.07) is 0. The molecule has 4 nitrogen and oxygen atoms in total. The number of rotatable bonds is 9. The second-order valence-electron chi connectivity index (χ2n) is 6.13. The van der Waals surface area contributed by atoms with Crippen LogP contribution in [0.1, 0.15) is 60.3 Å². The molecule has 0 amide bonds. The summed E-state index contributed by atoms with van der Waals surface area (Å²) < 4.78 is 0. The highest BCUT2D eigenvalue weighted by molar-refractivity contribution is 5.72. The number of aliphatic carboxylic acids is 1. The van der Waals surface area contributed by atoms with Crippen LogP contribution in [0.4, 0.5) is 0 Å². The average molecular weight is 260 g/mol. The normalized spacial score (nSPS) is 15.4. The lowest BCUT2D eigenvalue weighted by molar-refractivity contribution is -0.328. The van der Waals surface area contributed by atoms with E-state index in [1.54, 1.807) is 0 Å². The number of unbranched alkanes of at least 4 members (excludes halogenated alkanes) is 2. The third kappa shape index (κ3) is 8.48. The van der Waals surface area contributed by atoms with Gasteiger partial charge >= 0.3 is 5.97 Å². The molecule has 0 aromatic heterocycles. The van der Waals surface area contributed by atoms with Crippen LogP contribution in [0.3, 0.4) is 0 Å². The van der Waals surface area contributed by atoms with Crippen molar-refractivity contribution in [3.63, 3.8) is 0 Å². The highest BCUT2D eigenvalue weighted by Crippen LogP contribution is 2.27. The maximum absolute atomic E-state index is 11.1. The van der Waals surface area contributed by atoms with E-state index in [0.717, 1.165) is 25.7 Å². The quantitative estimate of drug-likeness (QED) is 0.390. The Labute approximate surface area is 111 Å². The summed E-state index contributed by atoms with van der Waals surface area (Å²) in [6.45, 7) is 10.7. The molecule has 2 unspecified atom stereocenters. The monoisotopic (exact) mass is 260 g/mol. The Balaban J connectivity index is 4.10. The molecule has 18 heavy (non-hydrogen) atoms. The first kappa shape index (κ1) is 17.4. The van der Waals surface area contributed by atoms with Crippen LogP contribution in [0.5, 0.6) is 0 Å². The summed E-state index contributed by atoms with van der Waals surface area (Å²) in [5, 5.41) is 9.14. The van der Waals surface area contributed by atoms with E-state index in [-0.39, 0.29) is 11.3 Å². The van der Waals surface area contributed by atoms with Crippen molar-refractivity contribution >= 4 is 5.97 Å². The summed E-state index contributed by atoms with van der Waals surface area (Å²) in [6.07, 6.45) is 2.97. The number of carboxylic acids is 1. The largest absolute Gasteiger partial charge is 0.479 e. The molecule has 0 heterocycles. The van der Waals surface area contributed by atoms with E-state index in [1.165, 1.54) is 0 Å². The lowest BCUT2D eigenvalue weighted by atomic mass is 9.83. The summed E-state index contributed by atoms with van der Waals surface area (Å²) in [5.74, 6) is -1.03. The Morgan fingerprint density at radius 1 is 1.28 bits per heavy atom. The SMILES string of the molecule is CCCCCOOC(C(=O)O)C(C)CC(C)(C)C. The minimum absolute atomic E-state index is 0.0753. The van der Waals surface area contributed by atoms with Gasteiger partial charge in [-0.25, -0.2) is 14.6 Å². The van der Waals surface area contributed by atoms with Gasteiger partial charge in [-0.15, -0.1) is 0 Å². The van der Waals surface area contributed by atoms with Gasteiger partial charge in [0.05, 0.1) is 6.61 Å². The van der Waals surface area contributed by atoms with Gasteiger partial charge in [-0.2, -0.15) is 0 Å². The average Bonchev–Trinajstić information content (AvgIpc) is 2.19. The van der Waals surface area contributed by atoms with Crippen molar-refractivity contribution < 1.29 is 19.7 Å². The maximum atomic E-state index is 11.1. The third-order valence-corrected chi connectivity index (χ3v) is 2.70. The zero-order valence-corrected chi connectivity index (χ0v) is 12.4. The van der Waals surface area contributed by atoms with Crippen LogP contribution in [-0.4, -0.2) is 23.8 Å². The standard InChI is InChI=1S/C14H28O4/c1-6-7-8-9-17-18-12(13(15)16)11(2)10-14(3,4)5/h11-12H,6-10H2,1-5H3,(H,15,16). The first-order valence-electron chi connectivity index (χ1n) is 6.79. The molecule has 0 saturated heterocycles. The molecule has 0 rings (SSSR count). The molecular formula is C14H28O4. The Bertz CT molecular complexity index is 232. The van der Waals surface area contributed by atoms with E-state index in [0.29, 0.717) is 6.61 Å². The van der Waals surface area contributed by atoms with Gasteiger partial charge in [0.1, 0.15) is 0 Å². The molecule has 0 aliphatic carbocycles. The van der Waals surface area contributed by atoms with E-state index in [1.807, 2.05) is 6.92 Å². The van der Waals surface area contributed by atoms with Crippen LogP contribution in [0, 0.1) is 11.3 Å². The topological polar surface area (TPSA) is 55.8 Å². The van der Waals surface area contributed by atoms with Crippen molar-refractivity contribution in [1.82, 2.24) is 0 Å². The zero-order chi connectivity index (χ0) is 14.2. The van der Waals surface area contributed by atoms with Crippen LogP contribution < -0.4 is 0 Å². The fourth-order valence-electron chi connectivity index (χ4n) is 1.98. The van der Waals surface area contributed by atoms with Crippen molar-refractivity contribution in [3.8, 4) is 0 Å².